The molecule has 0 aliphatic rings. The number of rotatable bonds is 7. The van der Waals surface area contributed by atoms with Gasteiger partial charge in [0.1, 0.15) is 11.5 Å². The average Bonchev–Trinajstić information content (AvgIpc) is 2.70. The maximum Gasteiger partial charge on any atom is 0.274 e. The summed E-state index contributed by atoms with van der Waals surface area (Å²) >= 11 is 0. The maximum atomic E-state index is 13.6. The van der Waals surface area contributed by atoms with Gasteiger partial charge in [-0.2, -0.15) is 0 Å². The van der Waals surface area contributed by atoms with Gasteiger partial charge < -0.3 is 10.6 Å². The highest BCUT2D eigenvalue weighted by atomic mass is 19.1. The SMILES string of the molecule is CCc1ccc(NC(=O)c2cc(NCCc3ccccc3F)ccn2)cc1. The number of halogens is 1. The van der Waals surface area contributed by atoms with Gasteiger partial charge in [-0.1, -0.05) is 37.3 Å². The molecular weight excluding hydrogens is 341 g/mol. The van der Waals surface area contributed by atoms with Crippen molar-refractivity contribution >= 4 is 17.3 Å². The molecule has 3 rings (SSSR count). The lowest BCUT2D eigenvalue weighted by Gasteiger charge is -2.09. The van der Waals surface area contributed by atoms with E-state index in [1.54, 1.807) is 30.5 Å². The van der Waals surface area contributed by atoms with E-state index >= 15 is 0 Å². The van der Waals surface area contributed by atoms with E-state index in [1.165, 1.54) is 11.6 Å². The molecule has 0 saturated heterocycles. The molecule has 0 radical (unpaired) electrons. The Balaban J connectivity index is 1.59. The Morgan fingerprint density at radius 2 is 1.81 bits per heavy atom. The van der Waals surface area contributed by atoms with Crippen LogP contribution < -0.4 is 10.6 Å². The van der Waals surface area contributed by atoms with Crippen LogP contribution in [0, 0.1) is 5.82 Å². The van der Waals surface area contributed by atoms with E-state index in [4.69, 9.17) is 0 Å². The molecule has 0 spiro atoms. The largest absolute Gasteiger partial charge is 0.385 e. The maximum absolute atomic E-state index is 13.6. The second-order valence-electron chi connectivity index (χ2n) is 6.20. The second kappa shape index (κ2) is 8.94. The predicted octanol–water partition coefficient (Wildman–Crippen LogP) is 4.69. The number of benzene rings is 2. The van der Waals surface area contributed by atoms with E-state index < -0.39 is 0 Å². The van der Waals surface area contributed by atoms with Crippen LogP contribution in [0.3, 0.4) is 0 Å². The molecule has 4 nitrogen and oxygen atoms in total. The fourth-order valence-electron chi connectivity index (χ4n) is 2.73. The number of nitrogens with zero attached hydrogens (tertiary/aromatic N) is 1. The molecule has 3 aromatic rings. The molecule has 2 aromatic carbocycles. The van der Waals surface area contributed by atoms with E-state index in [1.807, 2.05) is 30.3 Å². The summed E-state index contributed by atoms with van der Waals surface area (Å²) in [7, 11) is 0. The first-order valence-electron chi connectivity index (χ1n) is 8.99. The molecule has 1 aromatic heterocycles. The first kappa shape index (κ1) is 18.6. The Morgan fingerprint density at radius 3 is 2.56 bits per heavy atom. The van der Waals surface area contributed by atoms with E-state index in [0.29, 0.717) is 24.2 Å². The number of anilines is 2. The summed E-state index contributed by atoms with van der Waals surface area (Å²) in [5.41, 5.74) is 3.70. The van der Waals surface area contributed by atoms with Crippen LogP contribution in [-0.4, -0.2) is 17.4 Å². The molecule has 0 unspecified atom stereocenters. The van der Waals surface area contributed by atoms with Gasteiger partial charge >= 0.3 is 0 Å². The van der Waals surface area contributed by atoms with Crippen molar-refractivity contribution < 1.29 is 9.18 Å². The van der Waals surface area contributed by atoms with Crippen LogP contribution in [-0.2, 0) is 12.8 Å². The topological polar surface area (TPSA) is 54.0 Å². The van der Waals surface area contributed by atoms with Gasteiger partial charge in [-0.15, -0.1) is 0 Å². The molecule has 0 aliphatic heterocycles. The summed E-state index contributed by atoms with van der Waals surface area (Å²) in [4.78, 5) is 16.5. The number of hydrogen-bond donors (Lipinski definition) is 2. The van der Waals surface area contributed by atoms with Crippen LogP contribution in [0.5, 0.6) is 0 Å². The number of carbonyl (C=O) groups excluding carboxylic acids is 1. The summed E-state index contributed by atoms with van der Waals surface area (Å²) in [6.45, 7) is 2.65. The molecule has 0 bridgehead atoms. The molecule has 0 aliphatic carbocycles. The van der Waals surface area contributed by atoms with E-state index in [9.17, 15) is 9.18 Å². The zero-order valence-electron chi connectivity index (χ0n) is 15.2. The lowest BCUT2D eigenvalue weighted by Crippen LogP contribution is -2.14. The number of aromatic nitrogens is 1. The molecule has 1 heterocycles. The Morgan fingerprint density at radius 1 is 1.04 bits per heavy atom. The van der Waals surface area contributed by atoms with Gasteiger partial charge in [-0.25, -0.2) is 4.39 Å². The van der Waals surface area contributed by atoms with E-state index in [2.05, 4.69) is 22.5 Å². The van der Waals surface area contributed by atoms with Gasteiger partial charge in [0.2, 0.25) is 0 Å². The first-order chi connectivity index (χ1) is 13.2. The number of aryl methyl sites for hydroxylation is 1. The van der Waals surface area contributed by atoms with Crippen LogP contribution in [0.25, 0.3) is 0 Å². The van der Waals surface area contributed by atoms with E-state index in [-0.39, 0.29) is 11.7 Å². The Kier molecular flexibility index (Phi) is 6.15. The van der Waals surface area contributed by atoms with Gasteiger partial charge in [0.15, 0.2) is 0 Å². The molecule has 5 heteroatoms. The van der Waals surface area contributed by atoms with Gasteiger partial charge in [0.05, 0.1) is 0 Å². The normalized spacial score (nSPS) is 10.4. The quantitative estimate of drug-likeness (QED) is 0.640. The number of pyridine rings is 1. The first-order valence-corrected chi connectivity index (χ1v) is 8.99. The fourth-order valence-corrected chi connectivity index (χ4v) is 2.73. The van der Waals surface area contributed by atoms with Crippen LogP contribution in [0.4, 0.5) is 15.8 Å². The van der Waals surface area contributed by atoms with Crippen molar-refractivity contribution in [2.75, 3.05) is 17.2 Å². The summed E-state index contributed by atoms with van der Waals surface area (Å²) in [5.74, 6) is -0.472. The molecule has 2 N–H and O–H groups in total. The van der Waals surface area contributed by atoms with E-state index in [0.717, 1.165) is 17.8 Å². The van der Waals surface area contributed by atoms with Gasteiger partial charge in [0.25, 0.3) is 5.91 Å². The Labute approximate surface area is 158 Å². The minimum atomic E-state index is -0.267. The van der Waals surface area contributed by atoms with Crippen LogP contribution in [0.2, 0.25) is 0 Å². The minimum absolute atomic E-state index is 0.205. The zero-order chi connectivity index (χ0) is 19.1. The van der Waals surface area contributed by atoms with Crippen molar-refractivity contribution in [1.29, 1.82) is 0 Å². The summed E-state index contributed by atoms with van der Waals surface area (Å²) in [6, 6.07) is 17.9. The average molecular weight is 363 g/mol. The monoisotopic (exact) mass is 363 g/mol. The second-order valence-corrected chi connectivity index (χ2v) is 6.20. The van der Waals surface area contributed by atoms with Crippen LogP contribution in [0.15, 0.2) is 66.9 Å². The highest BCUT2D eigenvalue weighted by molar-refractivity contribution is 6.03. The minimum Gasteiger partial charge on any atom is -0.385 e. The number of amides is 1. The fraction of sp³-hybridized carbons (Fsp3) is 0.182. The third-order valence-electron chi connectivity index (χ3n) is 4.29. The Hall–Kier alpha value is -3.21. The van der Waals surface area contributed by atoms with Crippen LogP contribution >= 0.6 is 0 Å². The van der Waals surface area contributed by atoms with Crippen molar-refractivity contribution in [1.82, 2.24) is 4.98 Å². The van der Waals surface area contributed by atoms with Crippen molar-refractivity contribution in [3.8, 4) is 0 Å². The Bertz CT molecular complexity index is 909. The lowest BCUT2D eigenvalue weighted by molar-refractivity contribution is 0.102. The smallest absolute Gasteiger partial charge is 0.274 e. The molecular formula is C22H22FN3O. The molecule has 138 valence electrons. The zero-order valence-corrected chi connectivity index (χ0v) is 15.2. The van der Waals surface area contributed by atoms with Crippen molar-refractivity contribution in [3.63, 3.8) is 0 Å². The summed E-state index contributed by atoms with van der Waals surface area (Å²) < 4.78 is 13.6. The van der Waals surface area contributed by atoms with Crippen molar-refractivity contribution in [2.24, 2.45) is 0 Å². The number of carbonyl (C=O) groups is 1. The van der Waals surface area contributed by atoms with Gasteiger partial charge in [-0.3, -0.25) is 9.78 Å². The molecule has 27 heavy (non-hydrogen) atoms. The molecule has 0 atom stereocenters. The summed E-state index contributed by atoms with van der Waals surface area (Å²) in [5, 5.41) is 6.06. The predicted molar refractivity (Wildman–Crippen MR) is 107 cm³/mol. The number of hydrogen-bond acceptors (Lipinski definition) is 3. The van der Waals surface area contributed by atoms with Crippen molar-refractivity contribution in [3.05, 3.63) is 89.5 Å². The highest BCUT2D eigenvalue weighted by Crippen LogP contribution is 2.14. The molecule has 0 fully saturated rings. The van der Waals surface area contributed by atoms with Gasteiger partial charge in [0, 0.05) is 24.1 Å². The van der Waals surface area contributed by atoms with Gasteiger partial charge in [-0.05, 0) is 54.3 Å². The molecule has 0 saturated carbocycles. The van der Waals surface area contributed by atoms with Crippen LogP contribution in [0.1, 0.15) is 28.5 Å². The third kappa shape index (κ3) is 5.14. The lowest BCUT2D eigenvalue weighted by atomic mass is 10.1. The number of nitrogens with one attached hydrogen (secondary N) is 2. The van der Waals surface area contributed by atoms with Crippen molar-refractivity contribution in [2.45, 2.75) is 19.8 Å². The summed E-state index contributed by atoms with van der Waals surface area (Å²) in [6.07, 6.45) is 3.09. The highest BCUT2D eigenvalue weighted by Gasteiger charge is 2.09. The molecule has 1 amide bonds. The third-order valence-corrected chi connectivity index (χ3v) is 4.29. The standard InChI is InChI=1S/C22H22FN3O/c1-2-16-7-9-18(10-8-16)26-22(27)21-15-19(12-14-25-21)24-13-11-17-5-3-4-6-20(17)23/h3-10,12,14-15H,2,11,13H2,1H3,(H,24,25)(H,26,27).